The van der Waals surface area contributed by atoms with Gasteiger partial charge in [0.2, 0.25) is 0 Å². The van der Waals surface area contributed by atoms with E-state index in [9.17, 15) is 0 Å². The number of rotatable bonds is 3. The summed E-state index contributed by atoms with van der Waals surface area (Å²) in [6.45, 7) is 3.12. The first-order valence-corrected chi connectivity index (χ1v) is 6.05. The third kappa shape index (κ3) is 2.18. The summed E-state index contributed by atoms with van der Waals surface area (Å²) < 4.78 is 1.96. The molecule has 0 aromatic carbocycles. The van der Waals surface area contributed by atoms with Crippen LogP contribution in [-0.4, -0.2) is 27.9 Å². The summed E-state index contributed by atoms with van der Waals surface area (Å²) in [6, 6.07) is 3.67. The van der Waals surface area contributed by atoms with Gasteiger partial charge in [-0.25, -0.2) is 0 Å². The molecule has 1 saturated heterocycles. The first-order chi connectivity index (χ1) is 8.33. The van der Waals surface area contributed by atoms with Gasteiger partial charge in [0.05, 0.1) is 16.9 Å². The van der Waals surface area contributed by atoms with E-state index in [0.717, 1.165) is 30.9 Å². The van der Waals surface area contributed by atoms with Gasteiger partial charge in [-0.05, 0) is 12.1 Å². The summed E-state index contributed by atoms with van der Waals surface area (Å²) in [6.07, 6.45) is 5.57. The molecule has 0 radical (unpaired) electrons. The molecule has 88 valence electrons. The van der Waals surface area contributed by atoms with Crippen molar-refractivity contribution in [3.63, 3.8) is 0 Å². The Morgan fingerprint density at radius 3 is 3.06 bits per heavy atom. The van der Waals surface area contributed by atoms with Crippen molar-refractivity contribution in [1.82, 2.24) is 20.1 Å². The normalized spacial score (nSPS) is 15.8. The van der Waals surface area contributed by atoms with Crippen molar-refractivity contribution in [2.45, 2.75) is 6.54 Å². The van der Waals surface area contributed by atoms with Crippen LogP contribution in [0.2, 0.25) is 5.02 Å². The fourth-order valence-corrected chi connectivity index (χ4v) is 2.16. The number of hydrogen-bond acceptors (Lipinski definition) is 3. The second-order valence-corrected chi connectivity index (χ2v) is 4.72. The lowest BCUT2D eigenvalue weighted by Crippen LogP contribution is -2.44. The van der Waals surface area contributed by atoms with E-state index < -0.39 is 0 Å². The Kier molecular flexibility index (Phi) is 2.82. The molecule has 17 heavy (non-hydrogen) atoms. The molecule has 0 aliphatic carbocycles. The molecule has 0 saturated carbocycles. The third-order valence-corrected chi connectivity index (χ3v) is 3.28. The molecule has 0 amide bonds. The van der Waals surface area contributed by atoms with Crippen molar-refractivity contribution in [1.29, 1.82) is 0 Å². The molecule has 5 heteroatoms. The Labute approximate surface area is 105 Å². The van der Waals surface area contributed by atoms with Crippen LogP contribution in [0.15, 0.2) is 30.7 Å². The van der Waals surface area contributed by atoms with Crippen LogP contribution < -0.4 is 5.32 Å². The van der Waals surface area contributed by atoms with Gasteiger partial charge in [0.15, 0.2) is 0 Å². The highest BCUT2D eigenvalue weighted by atomic mass is 35.5. The van der Waals surface area contributed by atoms with Crippen molar-refractivity contribution >= 4 is 11.6 Å². The molecule has 1 aliphatic heterocycles. The van der Waals surface area contributed by atoms with Crippen LogP contribution in [-0.2, 0) is 6.54 Å². The maximum Gasteiger partial charge on any atom is 0.0919 e. The quantitative estimate of drug-likeness (QED) is 0.901. The Morgan fingerprint density at radius 2 is 2.35 bits per heavy atom. The average Bonchev–Trinajstić information content (AvgIpc) is 2.73. The van der Waals surface area contributed by atoms with E-state index in [4.69, 9.17) is 11.6 Å². The molecular formula is C12H13ClN4. The molecule has 0 unspecified atom stereocenters. The Morgan fingerprint density at radius 1 is 1.47 bits per heavy atom. The molecule has 4 nitrogen and oxygen atoms in total. The lowest BCUT2D eigenvalue weighted by molar-refractivity contribution is 0.295. The summed E-state index contributed by atoms with van der Waals surface area (Å²) in [5.74, 6) is 0.696. The first kappa shape index (κ1) is 10.7. The van der Waals surface area contributed by atoms with Gasteiger partial charge >= 0.3 is 0 Å². The van der Waals surface area contributed by atoms with Crippen LogP contribution in [0.1, 0.15) is 0 Å². The second kappa shape index (κ2) is 4.47. The molecule has 0 spiro atoms. The van der Waals surface area contributed by atoms with Crippen LogP contribution in [0, 0.1) is 5.92 Å². The highest BCUT2D eigenvalue weighted by Crippen LogP contribution is 2.24. The topological polar surface area (TPSA) is 42.7 Å². The Bertz CT molecular complexity index is 519. The van der Waals surface area contributed by atoms with Crippen molar-refractivity contribution in [2.24, 2.45) is 5.92 Å². The number of nitrogens with one attached hydrogen (secondary N) is 1. The minimum absolute atomic E-state index is 0.664. The average molecular weight is 249 g/mol. The van der Waals surface area contributed by atoms with Crippen LogP contribution in [0.4, 0.5) is 0 Å². The number of aromatic nitrogens is 3. The van der Waals surface area contributed by atoms with Gasteiger partial charge in [-0.2, -0.15) is 5.10 Å². The van der Waals surface area contributed by atoms with E-state index >= 15 is 0 Å². The highest BCUT2D eigenvalue weighted by molar-refractivity contribution is 6.32. The third-order valence-electron chi connectivity index (χ3n) is 2.98. The van der Waals surface area contributed by atoms with Crippen molar-refractivity contribution < 1.29 is 0 Å². The van der Waals surface area contributed by atoms with Crippen LogP contribution in [0.3, 0.4) is 0 Å². The summed E-state index contributed by atoms with van der Waals surface area (Å²) in [7, 11) is 0. The van der Waals surface area contributed by atoms with E-state index in [1.165, 1.54) is 0 Å². The molecular weight excluding hydrogens is 236 g/mol. The fraction of sp³-hybridized carbons (Fsp3) is 0.333. The molecule has 2 aromatic heterocycles. The molecule has 2 aromatic rings. The molecule has 1 aliphatic rings. The zero-order valence-electron chi connectivity index (χ0n) is 9.31. The summed E-state index contributed by atoms with van der Waals surface area (Å²) in [4.78, 5) is 4.28. The number of pyridine rings is 1. The minimum Gasteiger partial charge on any atom is -0.316 e. The van der Waals surface area contributed by atoms with Gasteiger partial charge < -0.3 is 5.32 Å². The summed E-state index contributed by atoms with van der Waals surface area (Å²) in [5.41, 5.74) is 1.77. The maximum atomic E-state index is 6.10. The van der Waals surface area contributed by atoms with E-state index in [2.05, 4.69) is 15.4 Å². The van der Waals surface area contributed by atoms with E-state index in [1.54, 1.807) is 6.20 Å². The van der Waals surface area contributed by atoms with E-state index in [1.807, 2.05) is 29.2 Å². The van der Waals surface area contributed by atoms with Crippen molar-refractivity contribution in [3.05, 3.63) is 35.7 Å². The lowest BCUT2D eigenvalue weighted by Gasteiger charge is -2.26. The Balaban J connectivity index is 1.82. The second-order valence-electron chi connectivity index (χ2n) is 4.31. The van der Waals surface area contributed by atoms with Crippen LogP contribution in [0.5, 0.6) is 0 Å². The largest absolute Gasteiger partial charge is 0.316 e. The van der Waals surface area contributed by atoms with Crippen LogP contribution >= 0.6 is 11.6 Å². The Hall–Kier alpha value is -1.39. The summed E-state index contributed by atoms with van der Waals surface area (Å²) in [5, 5.41) is 8.26. The van der Waals surface area contributed by atoms with Crippen molar-refractivity contribution in [2.75, 3.05) is 13.1 Å². The maximum absolute atomic E-state index is 6.10. The SMILES string of the molecule is Clc1cccnc1-c1cnn(CC2CNC2)c1. The molecule has 0 atom stereocenters. The molecule has 1 N–H and O–H groups in total. The molecule has 3 rings (SSSR count). The first-order valence-electron chi connectivity index (χ1n) is 5.67. The van der Waals surface area contributed by atoms with E-state index in [0.29, 0.717) is 10.9 Å². The van der Waals surface area contributed by atoms with Gasteiger partial charge in [-0.1, -0.05) is 11.6 Å². The smallest absolute Gasteiger partial charge is 0.0919 e. The molecule has 1 fully saturated rings. The molecule has 3 heterocycles. The predicted molar refractivity (Wildman–Crippen MR) is 66.8 cm³/mol. The highest BCUT2D eigenvalue weighted by Gasteiger charge is 2.17. The van der Waals surface area contributed by atoms with Gasteiger partial charge in [0.1, 0.15) is 0 Å². The van der Waals surface area contributed by atoms with Crippen LogP contribution in [0.25, 0.3) is 11.3 Å². The number of nitrogens with zero attached hydrogens (tertiary/aromatic N) is 3. The van der Waals surface area contributed by atoms with Gasteiger partial charge in [0, 0.05) is 43.5 Å². The molecule has 0 bridgehead atoms. The predicted octanol–water partition coefficient (Wildman–Crippen LogP) is 1.82. The van der Waals surface area contributed by atoms with Gasteiger partial charge in [0.25, 0.3) is 0 Å². The van der Waals surface area contributed by atoms with Gasteiger partial charge in [-0.3, -0.25) is 9.67 Å². The standard InChI is InChI=1S/C12H13ClN4/c13-11-2-1-3-15-12(11)10-6-16-17(8-10)7-9-4-14-5-9/h1-3,6,8-9,14H,4-5,7H2. The number of hydrogen-bond donors (Lipinski definition) is 1. The fourth-order valence-electron chi connectivity index (χ4n) is 1.93. The zero-order valence-corrected chi connectivity index (χ0v) is 10.1. The number of halogens is 1. The zero-order chi connectivity index (χ0) is 11.7. The minimum atomic E-state index is 0.664. The lowest BCUT2D eigenvalue weighted by atomic mass is 10.0. The van der Waals surface area contributed by atoms with Gasteiger partial charge in [-0.15, -0.1) is 0 Å². The van der Waals surface area contributed by atoms with Crippen molar-refractivity contribution in [3.8, 4) is 11.3 Å². The summed E-state index contributed by atoms with van der Waals surface area (Å²) >= 11 is 6.10. The van der Waals surface area contributed by atoms with E-state index in [-0.39, 0.29) is 0 Å². The monoisotopic (exact) mass is 248 g/mol.